The van der Waals surface area contributed by atoms with Gasteiger partial charge in [-0.2, -0.15) is 0 Å². The molecule has 78 valence electrons. The van der Waals surface area contributed by atoms with Gasteiger partial charge in [0.15, 0.2) is 0 Å². The molecule has 0 heterocycles. The largest absolute Gasteiger partial charge is 0.103 e. The Hall–Kier alpha value is -0.520. The summed E-state index contributed by atoms with van der Waals surface area (Å²) in [5, 5.41) is 0. The minimum Gasteiger partial charge on any atom is -0.103 e. The summed E-state index contributed by atoms with van der Waals surface area (Å²) < 4.78 is 0. The summed E-state index contributed by atoms with van der Waals surface area (Å²) in [5.41, 5.74) is 0. The van der Waals surface area contributed by atoms with Crippen molar-refractivity contribution in [3.8, 4) is 0 Å². The summed E-state index contributed by atoms with van der Waals surface area (Å²) in [6.45, 7) is 6.22. The Bertz CT molecular complexity index is 226. The summed E-state index contributed by atoms with van der Waals surface area (Å²) in [6, 6.07) is 0. The third-order valence-electron chi connectivity index (χ3n) is 4.25. The van der Waals surface area contributed by atoms with Crippen LogP contribution >= 0.6 is 0 Å². The zero-order valence-corrected chi connectivity index (χ0v) is 9.28. The second-order valence-electron chi connectivity index (χ2n) is 5.04. The van der Waals surface area contributed by atoms with E-state index in [1.165, 1.54) is 32.1 Å². The van der Waals surface area contributed by atoms with Crippen LogP contribution in [-0.2, 0) is 0 Å². The molecule has 14 heavy (non-hydrogen) atoms. The van der Waals surface area contributed by atoms with Crippen LogP contribution in [0.15, 0.2) is 24.8 Å². The van der Waals surface area contributed by atoms with Gasteiger partial charge >= 0.3 is 0 Å². The number of unbranched alkanes of at least 4 members (excludes halogenated alkanes) is 2. The quantitative estimate of drug-likeness (QED) is 0.450. The van der Waals surface area contributed by atoms with Crippen molar-refractivity contribution in [1.29, 1.82) is 0 Å². The first kappa shape index (κ1) is 10.0. The Morgan fingerprint density at radius 1 is 1.29 bits per heavy atom. The highest BCUT2D eigenvalue weighted by Gasteiger charge is 2.40. The lowest BCUT2D eigenvalue weighted by Crippen LogP contribution is -2.16. The Balaban J connectivity index is 1.76. The predicted molar refractivity (Wildman–Crippen MR) is 62.1 cm³/mol. The zero-order valence-electron chi connectivity index (χ0n) is 9.28. The molecular formula is C14H22. The van der Waals surface area contributed by atoms with Gasteiger partial charge in [-0.25, -0.2) is 0 Å². The van der Waals surface area contributed by atoms with E-state index in [1.807, 2.05) is 6.08 Å². The molecule has 0 aromatic carbocycles. The lowest BCUT2D eigenvalue weighted by Gasteiger charge is -2.24. The average Bonchev–Trinajstić information content (AvgIpc) is 2.75. The highest BCUT2D eigenvalue weighted by Crippen LogP contribution is 2.49. The van der Waals surface area contributed by atoms with E-state index < -0.39 is 0 Å². The highest BCUT2D eigenvalue weighted by molar-refractivity contribution is 5.12. The minimum atomic E-state index is 0.921. The maximum atomic E-state index is 3.77. The van der Waals surface area contributed by atoms with Crippen molar-refractivity contribution >= 4 is 0 Å². The van der Waals surface area contributed by atoms with Gasteiger partial charge in [0, 0.05) is 0 Å². The molecule has 4 unspecified atom stereocenters. The van der Waals surface area contributed by atoms with E-state index in [4.69, 9.17) is 0 Å². The summed E-state index contributed by atoms with van der Waals surface area (Å²) in [7, 11) is 0. The molecule has 0 heteroatoms. The smallest absolute Gasteiger partial charge is 0.0197 e. The second-order valence-corrected chi connectivity index (χ2v) is 5.04. The van der Waals surface area contributed by atoms with Gasteiger partial charge in [-0.1, -0.05) is 31.6 Å². The van der Waals surface area contributed by atoms with Crippen LogP contribution in [-0.4, -0.2) is 0 Å². The fourth-order valence-corrected chi connectivity index (χ4v) is 3.32. The van der Waals surface area contributed by atoms with Gasteiger partial charge in [-0.3, -0.25) is 0 Å². The van der Waals surface area contributed by atoms with Crippen LogP contribution in [0.1, 0.15) is 39.0 Å². The first-order valence-electron chi connectivity index (χ1n) is 6.12. The molecule has 0 aromatic heterocycles. The van der Waals surface area contributed by atoms with Gasteiger partial charge in [0.05, 0.1) is 0 Å². The first-order valence-corrected chi connectivity index (χ1v) is 6.12. The van der Waals surface area contributed by atoms with E-state index >= 15 is 0 Å². The molecule has 0 nitrogen and oxygen atoms in total. The van der Waals surface area contributed by atoms with Crippen molar-refractivity contribution < 1.29 is 0 Å². The van der Waals surface area contributed by atoms with Gasteiger partial charge in [0.1, 0.15) is 0 Å². The monoisotopic (exact) mass is 190 g/mol. The van der Waals surface area contributed by atoms with Gasteiger partial charge in [-0.05, 0) is 49.4 Å². The lowest BCUT2D eigenvalue weighted by molar-refractivity contribution is 0.305. The molecule has 0 radical (unpaired) electrons. The first-order chi connectivity index (χ1) is 6.83. The number of rotatable bonds is 5. The maximum Gasteiger partial charge on any atom is -0.0197 e. The van der Waals surface area contributed by atoms with E-state index in [0.29, 0.717) is 0 Å². The van der Waals surface area contributed by atoms with E-state index in [2.05, 4.69) is 25.7 Å². The van der Waals surface area contributed by atoms with Crippen LogP contribution in [0.3, 0.4) is 0 Å². The van der Waals surface area contributed by atoms with Crippen LogP contribution in [0.5, 0.6) is 0 Å². The third kappa shape index (κ3) is 1.80. The van der Waals surface area contributed by atoms with E-state index in [0.717, 1.165) is 23.7 Å². The highest BCUT2D eigenvalue weighted by atomic mass is 14.5. The molecule has 2 aliphatic rings. The van der Waals surface area contributed by atoms with Crippen molar-refractivity contribution in [3.05, 3.63) is 24.8 Å². The van der Waals surface area contributed by atoms with Gasteiger partial charge < -0.3 is 0 Å². The molecule has 0 N–H and O–H groups in total. The van der Waals surface area contributed by atoms with Gasteiger partial charge in [0.25, 0.3) is 0 Å². The molecule has 0 aliphatic heterocycles. The molecule has 0 aromatic rings. The van der Waals surface area contributed by atoms with Crippen molar-refractivity contribution in [3.63, 3.8) is 0 Å². The van der Waals surface area contributed by atoms with E-state index in [9.17, 15) is 0 Å². The normalized spacial score (nSPS) is 39.2. The van der Waals surface area contributed by atoms with Crippen molar-refractivity contribution in [2.45, 2.75) is 39.0 Å². The van der Waals surface area contributed by atoms with Crippen molar-refractivity contribution in [2.24, 2.45) is 23.7 Å². The number of allylic oxidation sites excluding steroid dienone is 3. The summed E-state index contributed by atoms with van der Waals surface area (Å²) in [4.78, 5) is 0. The molecule has 0 saturated heterocycles. The molecule has 2 bridgehead atoms. The Kier molecular flexibility index (Phi) is 3.10. The van der Waals surface area contributed by atoms with E-state index in [1.54, 1.807) is 0 Å². The molecule has 2 rings (SSSR count). The molecule has 0 amide bonds. The fourth-order valence-electron chi connectivity index (χ4n) is 3.32. The molecule has 1 saturated carbocycles. The lowest BCUT2D eigenvalue weighted by atomic mass is 9.81. The minimum absolute atomic E-state index is 0.921. The van der Waals surface area contributed by atoms with Crippen LogP contribution in [0.2, 0.25) is 0 Å². The molecule has 0 spiro atoms. The van der Waals surface area contributed by atoms with Gasteiger partial charge in [-0.15, -0.1) is 6.58 Å². The van der Waals surface area contributed by atoms with Crippen LogP contribution in [0, 0.1) is 23.7 Å². The predicted octanol–water partition coefficient (Wildman–Crippen LogP) is 4.19. The van der Waals surface area contributed by atoms with Gasteiger partial charge in [0.2, 0.25) is 0 Å². The number of fused-ring (bicyclic) bond motifs is 2. The third-order valence-corrected chi connectivity index (χ3v) is 4.25. The zero-order chi connectivity index (χ0) is 9.97. The SMILES string of the molecule is C=CCCCCC1C2C=CC(C2)C1C. The van der Waals surface area contributed by atoms with Crippen LogP contribution in [0.4, 0.5) is 0 Å². The molecular weight excluding hydrogens is 168 g/mol. The summed E-state index contributed by atoms with van der Waals surface area (Å²) in [5.74, 6) is 3.80. The van der Waals surface area contributed by atoms with Crippen LogP contribution in [0.25, 0.3) is 0 Å². The van der Waals surface area contributed by atoms with Crippen molar-refractivity contribution in [2.75, 3.05) is 0 Å². The van der Waals surface area contributed by atoms with E-state index in [-0.39, 0.29) is 0 Å². The van der Waals surface area contributed by atoms with Crippen molar-refractivity contribution in [1.82, 2.24) is 0 Å². The standard InChI is InChI=1S/C14H22/c1-3-4-5-6-7-14-11(2)12-8-9-13(14)10-12/h3,8-9,11-14H,1,4-7,10H2,2H3. The topological polar surface area (TPSA) is 0 Å². The Labute approximate surface area is 88.1 Å². The average molecular weight is 190 g/mol. The number of hydrogen-bond acceptors (Lipinski definition) is 0. The molecule has 1 fully saturated rings. The fraction of sp³-hybridized carbons (Fsp3) is 0.714. The Morgan fingerprint density at radius 3 is 2.71 bits per heavy atom. The summed E-state index contributed by atoms with van der Waals surface area (Å²) in [6.07, 6.45) is 13.8. The van der Waals surface area contributed by atoms with Crippen LogP contribution < -0.4 is 0 Å². The number of hydrogen-bond donors (Lipinski definition) is 0. The second kappa shape index (κ2) is 4.33. The molecule has 2 aliphatic carbocycles. The molecule has 4 atom stereocenters. The summed E-state index contributed by atoms with van der Waals surface area (Å²) >= 11 is 0. The Morgan fingerprint density at radius 2 is 2.07 bits per heavy atom. The maximum absolute atomic E-state index is 3.77.